The van der Waals surface area contributed by atoms with Crippen molar-refractivity contribution < 1.29 is 4.79 Å². The minimum Gasteiger partial charge on any atom is -0.349 e. The molecule has 0 spiro atoms. The lowest BCUT2D eigenvalue weighted by atomic mass is 9.96. The lowest BCUT2D eigenvalue weighted by molar-refractivity contribution is -0.125. The number of amides is 1. The van der Waals surface area contributed by atoms with E-state index < -0.39 is 0 Å². The van der Waals surface area contributed by atoms with E-state index in [2.05, 4.69) is 19.2 Å². The molecular weight excluding hydrogens is 260 g/mol. The first-order valence-corrected chi connectivity index (χ1v) is 7.07. The van der Waals surface area contributed by atoms with Crippen molar-refractivity contribution in [3.8, 4) is 0 Å². The molecule has 0 aliphatic rings. The molecule has 0 aliphatic carbocycles. The number of rotatable bonds is 6. The summed E-state index contributed by atoms with van der Waals surface area (Å²) in [6.45, 7) is 6.52. The fraction of sp³-hybridized carbons (Fsp3) is 0.533. The molecule has 1 aromatic carbocycles. The molecule has 0 aromatic heterocycles. The smallest absolute Gasteiger partial charge is 0.224 e. The SMILES string of the molecule is CC(C)CC(CN)C(=O)N[C@@H](C)c1cccc(Cl)c1. The van der Waals surface area contributed by atoms with E-state index >= 15 is 0 Å². The van der Waals surface area contributed by atoms with E-state index in [1.165, 1.54) is 0 Å². The predicted octanol–water partition coefficient (Wildman–Crippen LogP) is 3.14. The molecule has 1 amide bonds. The third-order valence-electron chi connectivity index (χ3n) is 3.12. The van der Waals surface area contributed by atoms with Gasteiger partial charge < -0.3 is 11.1 Å². The third-order valence-corrected chi connectivity index (χ3v) is 3.35. The van der Waals surface area contributed by atoms with Crippen molar-refractivity contribution in [2.45, 2.75) is 33.2 Å². The average molecular weight is 283 g/mol. The Morgan fingerprint density at radius 1 is 1.37 bits per heavy atom. The standard InChI is InChI=1S/C15H23ClN2O/c1-10(2)7-13(9-17)15(19)18-11(3)12-5-4-6-14(16)8-12/h4-6,8,10-11,13H,7,9,17H2,1-3H3,(H,18,19)/t11-,13?/m0/s1. The molecule has 3 nitrogen and oxygen atoms in total. The minimum absolute atomic E-state index is 0.0173. The Bertz CT molecular complexity index is 420. The van der Waals surface area contributed by atoms with Gasteiger partial charge in [0.05, 0.1) is 12.0 Å². The van der Waals surface area contributed by atoms with Crippen molar-refractivity contribution in [1.82, 2.24) is 5.32 Å². The summed E-state index contributed by atoms with van der Waals surface area (Å²) in [5, 5.41) is 3.68. The first-order chi connectivity index (χ1) is 8.93. The van der Waals surface area contributed by atoms with E-state index in [0.717, 1.165) is 12.0 Å². The van der Waals surface area contributed by atoms with Crippen molar-refractivity contribution in [2.75, 3.05) is 6.54 Å². The van der Waals surface area contributed by atoms with Gasteiger partial charge in [-0.3, -0.25) is 4.79 Å². The number of carbonyl (C=O) groups is 1. The predicted molar refractivity (Wildman–Crippen MR) is 80.0 cm³/mol. The molecule has 1 aromatic rings. The van der Waals surface area contributed by atoms with Crippen molar-refractivity contribution >= 4 is 17.5 Å². The summed E-state index contributed by atoms with van der Waals surface area (Å²) in [7, 11) is 0. The van der Waals surface area contributed by atoms with E-state index in [9.17, 15) is 4.79 Å². The van der Waals surface area contributed by atoms with Crippen molar-refractivity contribution in [1.29, 1.82) is 0 Å². The van der Waals surface area contributed by atoms with Crippen LogP contribution in [-0.4, -0.2) is 12.5 Å². The summed E-state index contributed by atoms with van der Waals surface area (Å²) < 4.78 is 0. The molecule has 19 heavy (non-hydrogen) atoms. The van der Waals surface area contributed by atoms with Crippen LogP contribution in [0.2, 0.25) is 5.02 Å². The van der Waals surface area contributed by atoms with Gasteiger partial charge in [-0.05, 0) is 37.0 Å². The number of halogens is 1. The number of nitrogens with one attached hydrogen (secondary N) is 1. The molecular formula is C15H23ClN2O. The largest absolute Gasteiger partial charge is 0.349 e. The van der Waals surface area contributed by atoms with E-state index in [1.54, 1.807) is 0 Å². The van der Waals surface area contributed by atoms with Crippen LogP contribution in [0, 0.1) is 11.8 Å². The molecule has 0 aliphatic heterocycles. The van der Waals surface area contributed by atoms with Gasteiger partial charge in [-0.2, -0.15) is 0 Å². The van der Waals surface area contributed by atoms with Crippen LogP contribution < -0.4 is 11.1 Å². The lowest BCUT2D eigenvalue weighted by Gasteiger charge is -2.20. The molecule has 0 bridgehead atoms. The third kappa shape index (κ3) is 5.21. The maximum Gasteiger partial charge on any atom is 0.224 e. The first-order valence-electron chi connectivity index (χ1n) is 6.70. The molecule has 106 valence electrons. The Morgan fingerprint density at radius 2 is 2.05 bits per heavy atom. The highest BCUT2D eigenvalue weighted by molar-refractivity contribution is 6.30. The maximum absolute atomic E-state index is 12.2. The van der Waals surface area contributed by atoms with Gasteiger partial charge in [0.25, 0.3) is 0 Å². The summed E-state index contributed by atoms with van der Waals surface area (Å²) in [4.78, 5) is 12.2. The Hall–Kier alpha value is -1.06. The molecule has 1 unspecified atom stereocenters. The van der Waals surface area contributed by atoms with Gasteiger partial charge in [-0.25, -0.2) is 0 Å². The fourth-order valence-corrected chi connectivity index (χ4v) is 2.27. The van der Waals surface area contributed by atoms with Gasteiger partial charge in [0.2, 0.25) is 5.91 Å². The molecule has 2 atom stereocenters. The molecule has 0 fully saturated rings. The molecule has 0 saturated carbocycles. The van der Waals surface area contributed by atoms with Crippen LogP contribution >= 0.6 is 11.6 Å². The summed E-state index contributed by atoms with van der Waals surface area (Å²) in [5.41, 5.74) is 6.68. The molecule has 0 saturated heterocycles. The van der Waals surface area contributed by atoms with Gasteiger partial charge in [0.1, 0.15) is 0 Å². The number of benzene rings is 1. The zero-order valence-corrected chi connectivity index (χ0v) is 12.6. The second-order valence-corrected chi connectivity index (χ2v) is 5.78. The van der Waals surface area contributed by atoms with Crippen LogP contribution in [0.4, 0.5) is 0 Å². The summed E-state index contributed by atoms with van der Waals surface area (Å²) >= 11 is 5.95. The quantitative estimate of drug-likeness (QED) is 0.842. The molecule has 0 radical (unpaired) electrons. The molecule has 0 heterocycles. The van der Waals surface area contributed by atoms with Gasteiger partial charge >= 0.3 is 0 Å². The average Bonchev–Trinajstić information content (AvgIpc) is 2.35. The van der Waals surface area contributed by atoms with Crippen LogP contribution in [0.25, 0.3) is 0 Å². The summed E-state index contributed by atoms with van der Waals surface area (Å²) in [5.74, 6) is 0.353. The van der Waals surface area contributed by atoms with Crippen LogP contribution in [-0.2, 0) is 4.79 Å². The topological polar surface area (TPSA) is 55.1 Å². The van der Waals surface area contributed by atoms with Gasteiger partial charge in [0.15, 0.2) is 0 Å². The first kappa shape index (κ1) is 16.0. The van der Waals surface area contributed by atoms with E-state index in [4.69, 9.17) is 17.3 Å². The van der Waals surface area contributed by atoms with E-state index in [1.807, 2.05) is 31.2 Å². The van der Waals surface area contributed by atoms with Crippen LogP contribution in [0.3, 0.4) is 0 Å². The van der Waals surface area contributed by atoms with Gasteiger partial charge in [-0.15, -0.1) is 0 Å². The number of hydrogen-bond donors (Lipinski definition) is 2. The number of nitrogens with two attached hydrogens (primary N) is 1. The highest BCUT2D eigenvalue weighted by atomic mass is 35.5. The Morgan fingerprint density at radius 3 is 2.58 bits per heavy atom. The lowest BCUT2D eigenvalue weighted by Crippen LogP contribution is -2.37. The van der Waals surface area contributed by atoms with Gasteiger partial charge in [-0.1, -0.05) is 37.6 Å². The van der Waals surface area contributed by atoms with Gasteiger partial charge in [0, 0.05) is 11.6 Å². The van der Waals surface area contributed by atoms with E-state index in [-0.39, 0.29) is 17.9 Å². The Balaban J connectivity index is 2.65. The second kappa shape index (κ2) is 7.51. The van der Waals surface area contributed by atoms with Crippen LogP contribution in [0.1, 0.15) is 38.8 Å². The summed E-state index contributed by atoms with van der Waals surface area (Å²) in [6.07, 6.45) is 0.810. The minimum atomic E-state index is -0.123. The van der Waals surface area contributed by atoms with Crippen molar-refractivity contribution in [3.63, 3.8) is 0 Å². The van der Waals surface area contributed by atoms with E-state index in [0.29, 0.717) is 17.5 Å². The molecule has 4 heteroatoms. The van der Waals surface area contributed by atoms with Crippen molar-refractivity contribution in [3.05, 3.63) is 34.9 Å². The zero-order valence-electron chi connectivity index (χ0n) is 11.8. The maximum atomic E-state index is 12.2. The zero-order chi connectivity index (χ0) is 14.4. The molecule has 1 rings (SSSR count). The molecule has 3 N–H and O–H groups in total. The number of carbonyl (C=O) groups excluding carboxylic acids is 1. The van der Waals surface area contributed by atoms with Crippen LogP contribution in [0.15, 0.2) is 24.3 Å². The Kier molecular flexibility index (Phi) is 6.32. The van der Waals surface area contributed by atoms with Crippen LogP contribution in [0.5, 0.6) is 0 Å². The summed E-state index contributed by atoms with van der Waals surface area (Å²) in [6, 6.07) is 7.46. The highest BCUT2D eigenvalue weighted by Gasteiger charge is 2.20. The number of hydrogen-bond acceptors (Lipinski definition) is 2. The van der Waals surface area contributed by atoms with Crippen molar-refractivity contribution in [2.24, 2.45) is 17.6 Å². The highest BCUT2D eigenvalue weighted by Crippen LogP contribution is 2.18. The normalized spacial score (nSPS) is 14.2. The second-order valence-electron chi connectivity index (χ2n) is 5.35. The Labute approximate surface area is 120 Å². The fourth-order valence-electron chi connectivity index (χ4n) is 2.07. The monoisotopic (exact) mass is 282 g/mol.